The minimum Gasteiger partial charge on any atom is -0.309 e. The third-order valence-electron chi connectivity index (χ3n) is 10.8. The van der Waals surface area contributed by atoms with E-state index in [2.05, 4.69) is 149 Å². The van der Waals surface area contributed by atoms with E-state index in [-0.39, 0.29) is 0 Å². The highest BCUT2D eigenvalue weighted by molar-refractivity contribution is 6.17. The number of hydrogen-bond acceptors (Lipinski definition) is 3. The molecule has 56 heavy (non-hydrogen) atoms. The molecule has 0 amide bonds. The van der Waals surface area contributed by atoms with Gasteiger partial charge < -0.3 is 9.13 Å². The molecule has 0 atom stereocenters. The van der Waals surface area contributed by atoms with Crippen LogP contribution in [0.5, 0.6) is 0 Å². The quantitative estimate of drug-likeness (QED) is 0.172. The molecular formula is C51H33N5. The molecule has 0 fully saturated rings. The van der Waals surface area contributed by atoms with Crippen LogP contribution in [0.15, 0.2) is 200 Å². The Balaban J connectivity index is 1.07. The molecule has 11 rings (SSSR count). The van der Waals surface area contributed by atoms with Crippen LogP contribution in [0.3, 0.4) is 0 Å². The standard InChI is InChI=1S/C51H33N5/c1-4-15-34(16-5-1)49-52-50(35-17-6-2-7-18-35)54-51(53-49)36-27-30-39(31-28-36)56-44-24-12-10-21-41(44)42-32-29-37(33-47(42)56)40-23-14-26-46-48(40)43-22-11-13-25-45(43)55(46)38-19-8-3-9-20-38/h1-33H. The Morgan fingerprint density at radius 1 is 0.286 bits per heavy atom. The van der Waals surface area contributed by atoms with Crippen molar-refractivity contribution in [2.75, 3.05) is 0 Å². The normalized spacial score (nSPS) is 11.6. The lowest BCUT2D eigenvalue weighted by atomic mass is 9.98. The highest BCUT2D eigenvalue weighted by Crippen LogP contribution is 2.41. The summed E-state index contributed by atoms with van der Waals surface area (Å²) < 4.78 is 4.76. The molecule has 0 unspecified atom stereocenters. The molecule has 0 aliphatic carbocycles. The second-order valence-corrected chi connectivity index (χ2v) is 14.1. The second-order valence-electron chi connectivity index (χ2n) is 14.1. The first kappa shape index (κ1) is 31.9. The van der Waals surface area contributed by atoms with Crippen molar-refractivity contribution in [3.63, 3.8) is 0 Å². The molecule has 0 bridgehead atoms. The molecular weight excluding hydrogens is 683 g/mol. The van der Waals surface area contributed by atoms with Crippen molar-refractivity contribution in [3.8, 4) is 56.7 Å². The predicted molar refractivity (Wildman–Crippen MR) is 230 cm³/mol. The highest BCUT2D eigenvalue weighted by Gasteiger charge is 2.19. The van der Waals surface area contributed by atoms with Crippen molar-refractivity contribution in [1.82, 2.24) is 24.1 Å². The number of rotatable bonds is 6. The average Bonchev–Trinajstić information content (AvgIpc) is 3.80. The zero-order valence-corrected chi connectivity index (χ0v) is 30.3. The summed E-state index contributed by atoms with van der Waals surface area (Å²) in [6, 6.07) is 70.4. The van der Waals surface area contributed by atoms with Crippen LogP contribution in [0.4, 0.5) is 0 Å². The number of hydrogen-bond donors (Lipinski definition) is 0. The Morgan fingerprint density at radius 2 is 0.732 bits per heavy atom. The van der Waals surface area contributed by atoms with Gasteiger partial charge in [0.2, 0.25) is 0 Å². The van der Waals surface area contributed by atoms with Crippen molar-refractivity contribution in [2.45, 2.75) is 0 Å². The van der Waals surface area contributed by atoms with Gasteiger partial charge in [-0.25, -0.2) is 15.0 Å². The van der Waals surface area contributed by atoms with Crippen LogP contribution in [0.1, 0.15) is 0 Å². The van der Waals surface area contributed by atoms with E-state index >= 15 is 0 Å². The van der Waals surface area contributed by atoms with Gasteiger partial charge in [-0.15, -0.1) is 0 Å². The van der Waals surface area contributed by atoms with E-state index in [0.717, 1.165) is 39.1 Å². The van der Waals surface area contributed by atoms with Crippen molar-refractivity contribution in [1.29, 1.82) is 0 Å². The van der Waals surface area contributed by atoms with Crippen molar-refractivity contribution < 1.29 is 0 Å². The molecule has 11 aromatic rings. The van der Waals surface area contributed by atoms with Gasteiger partial charge in [0.15, 0.2) is 17.5 Å². The number of benzene rings is 8. The maximum absolute atomic E-state index is 4.97. The van der Waals surface area contributed by atoms with Crippen molar-refractivity contribution >= 4 is 43.6 Å². The molecule has 0 radical (unpaired) electrons. The first-order valence-corrected chi connectivity index (χ1v) is 18.9. The fourth-order valence-corrected chi connectivity index (χ4v) is 8.23. The van der Waals surface area contributed by atoms with Crippen LogP contribution < -0.4 is 0 Å². The van der Waals surface area contributed by atoms with Gasteiger partial charge in [-0.1, -0.05) is 140 Å². The van der Waals surface area contributed by atoms with E-state index in [9.17, 15) is 0 Å². The summed E-state index contributed by atoms with van der Waals surface area (Å²) in [4.78, 5) is 14.8. The zero-order valence-electron chi connectivity index (χ0n) is 30.3. The van der Waals surface area contributed by atoms with Gasteiger partial charge in [0.05, 0.1) is 22.1 Å². The van der Waals surface area contributed by atoms with Gasteiger partial charge in [-0.3, -0.25) is 0 Å². The lowest BCUT2D eigenvalue weighted by molar-refractivity contribution is 1.07. The largest absolute Gasteiger partial charge is 0.309 e. The van der Waals surface area contributed by atoms with Gasteiger partial charge in [0.25, 0.3) is 0 Å². The molecule has 0 spiro atoms. The maximum Gasteiger partial charge on any atom is 0.164 e. The SMILES string of the molecule is c1ccc(-c2nc(-c3ccccc3)nc(-c3ccc(-n4c5ccccc5c5ccc(-c6cccc7c6c6ccccc6n7-c6ccccc6)cc54)cc3)n2)cc1. The van der Waals surface area contributed by atoms with E-state index in [1.807, 2.05) is 60.7 Å². The van der Waals surface area contributed by atoms with Gasteiger partial charge in [0, 0.05) is 49.6 Å². The van der Waals surface area contributed by atoms with Crippen molar-refractivity contribution in [3.05, 3.63) is 200 Å². The molecule has 0 aliphatic rings. The average molecular weight is 716 g/mol. The Kier molecular flexibility index (Phi) is 7.42. The van der Waals surface area contributed by atoms with Gasteiger partial charge >= 0.3 is 0 Å². The van der Waals surface area contributed by atoms with Gasteiger partial charge in [0.1, 0.15) is 0 Å². The summed E-state index contributed by atoms with van der Waals surface area (Å²) in [6.07, 6.45) is 0. The van der Waals surface area contributed by atoms with E-state index in [1.165, 1.54) is 43.7 Å². The molecule has 3 aromatic heterocycles. The summed E-state index contributed by atoms with van der Waals surface area (Å²) in [5.74, 6) is 1.93. The van der Waals surface area contributed by atoms with Crippen LogP contribution >= 0.6 is 0 Å². The minimum atomic E-state index is 0.636. The highest BCUT2D eigenvalue weighted by atomic mass is 15.0. The molecule has 0 N–H and O–H groups in total. The second kappa shape index (κ2) is 13.0. The monoisotopic (exact) mass is 715 g/mol. The zero-order chi connectivity index (χ0) is 37.0. The van der Waals surface area contributed by atoms with Crippen LogP contribution in [-0.4, -0.2) is 24.1 Å². The third-order valence-corrected chi connectivity index (χ3v) is 10.8. The fourth-order valence-electron chi connectivity index (χ4n) is 8.23. The van der Waals surface area contributed by atoms with Crippen LogP contribution in [0, 0.1) is 0 Å². The molecule has 3 heterocycles. The lowest BCUT2D eigenvalue weighted by Gasteiger charge is -2.12. The number of fused-ring (bicyclic) bond motifs is 6. The van der Waals surface area contributed by atoms with Crippen LogP contribution in [0.2, 0.25) is 0 Å². The molecule has 262 valence electrons. The summed E-state index contributed by atoms with van der Waals surface area (Å²) in [5.41, 5.74) is 12.1. The summed E-state index contributed by atoms with van der Waals surface area (Å²) in [7, 11) is 0. The summed E-state index contributed by atoms with van der Waals surface area (Å²) in [5, 5.41) is 4.92. The molecule has 0 saturated heterocycles. The Labute approximate surface area is 323 Å². The van der Waals surface area contributed by atoms with Gasteiger partial charge in [-0.05, 0) is 71.8 Å². The smallest absolute Gasteiger partial charge is 0.164 e. The topological polar surface area (TPSA) is 48.5 Å². The summed E-state index contributed by atoms with van der Waals surface area (Å²) >= 11 is 0. The maximum atomic E-state index is 4.97. The number of para-hydroxylation sites is 3. The molecule has 5 heteroatoms. The number of aromatic nitrogens is 5. The van der Waals surface area contributed by atoms with Crippen LogP contribution in [0.25, 0.3) is 100 Å². The molecule has 0 saturated carbocycles. The van der Waals surface area contributed by atoms with E-state index in [1.54, 1.807) is 0 Å². The van der Waals surface area contributed by atoms with E-state index < -0.39 is 0 Å². The first-order chi connectivity index (χ1) is 27.8. The fraction of sp³-hybridized carbons (Fsp3) is 0. The summed E-state index contributed by atoms with van der Waals surface area (Å²) in [6.45, 7) is 0. The van der Waals surface area contributed by atoms with E-state index in [4.69, 9.17) is 15.0 Å². The number of nitrogens with zero attached hydrogens (tertiary/aromatic N) is 5. The molecule has 5 nitrogen and oxygen atoms in total. The van der Waals surface area contributed by atoms with E-state index in [0.29, 0.717) is 17.5 Å². The Morgan fingerprint density at radius 3 is 1.38 bits per heavy atom. The Bertz CT molecular complexity index is 3160. The molecule has 8 aromatic carbocycles. The minimum absolute atomic E-state index is 0.636. The third kappa shape index (κ3) is 5.21. The van der Waals surface area contributed by atoms with Gasteiger partial charge in [-0.2, -0.15) is 0 Å². The first-order valence-electron chi connectivity index (χ1n) is 18.9. The lowest BCUT2D eigenvalue weighted by Crippen LogP contribution is -2.00. The van der Waals surface area contributed by atoms with Crippen molar-refractivity contribution in [2.24, 2.45) is 0 Å². The Hall–Kier alpha value is -7.63. The predicted octanol–water partition coefficient (Wildman–Crippen LogP) is 12.7. The molecule has 0 aliphatic heterocycles. The van der Waals surface area contributed by atoms with Crippen LogP contribution in [-0.2, 0) is 0 Å².